The molecule has 0 unspecified atom stereocenters. The van der Waals surface area contributed by atoms with E-state index in [2.05, 4.69) is 31.3 Å². The minimum atomic E-state index is -0.0372. The molecular weight excluding hydrogens is 268 g/mol. The molecule has 1 aromatic rings. The normalized spacial score (nSPS) is 17.2. The highest BCUT2D eigenvalue weighted by Crippen LogP contribution is 2.18. The van der Waals surface area contributed by atoms with Crippen LogP contribution in [0.2, 0.25) is 0 Å². The number of benzene rings is 1. The fourth-order valence-electron chi connectivity index (χ4n) is 2.14. The molecule has 1 aliphatic rings. The largest absolute Gasteiger partial charge is 0.328 e. The first-order valence-corrected chi connectivity index (χ1v) is 7.38. The van der Waals surface area contributed by atoms with Crippen molar-refractivity contribution in [1.82, 2.24) is 10.2 Å². The Morgan fingerprint density at radius 3 is 2.50 bits per heavy atom. The van der Waals surface area contributed by atoms with Crippen LogP contribution in [0.5, 0.6) is 0 Å². The van der Waals surface area contributed by atoms with E-state index in [1.807, 2.05) is 25.1 Å². The van der Waals surface area contributed by atoms with Crippen LogP contribution >= 0.6 is 12.2 Å². The lowest BCUT2D eigenvalue weighted by molar-refractivity contribution is -0.122. The number of nitrogens with one attached hydrogen (secondary N) is 1. The first kappa shape index (κ1) is 14.7. The average molecular weight is 288 g/mol. The zero-order valence-corrected chi connectivity index (χ0v) is 13.0. The molecule has 106 valence electrons. The summed E-state index contributed by atoms with van der Waals surface area (Å²) in [5, 5.41) is 3.50. The molecule has 2 rings (SSSR count). The fourth-order valence-corrected chi connectivity index (χ4v) is 2.43. The first-order chi connectivity index (χ1) is 9.52. The molecule has 0 bridgehead atoms. The van der Waals surface area contributed by atoms with Crippen molar-refractivity contribution in [3.05, 3.63) is 41.1 Å². The van der Waals surface area contributed by atoms with Gasteiger partial charge in [-0.25, -0.2) is 0 Å². The zero-order valence-electron chi connectivity index (χ0n) is 12.1. The Balaban J connectivity index is 2.19. The summed E-state index contributed by atoms with van der Waals surface area (Å²) in [5.74, 6) is 0.473. The van der Waals surface area contributed by atoms with Crippen LogP contribution in [0.25, 0.3) is 6.08 Å². The summed E-state index contributed by atoms with van der Waals surface area (Å²) in [4.78, 5) is 13.8. The summed E-state index contributed by atoms with van der Waals surface area (Å²) < 4.78 is 0. The van der Waals surface area contributed by atoms with Gasteiger partial charge in [0.15, 0.2) is 5.11 Å². The molecule has 1 amide bonds. The Kier molecular flexibility index (Phi) is 4.55. The van der Waals surface area contributed by atoms with Gasteiger partial charge >= 0.3 is 0 Å². The van der Waals surface area contributed by atoms with Crippen molar-refractivity contribution in [2.45, 2.75) is 33.1 Å². The van der Waals surface area contributed by atoms with Crippen molar-refractivity contribution in [3.8, 4) is 0 Å². The van der Waals surface area contributed by atoms with E-state index < -0.39 is 0 Å². The Morgan fingerprint density at radius 2 is 1.95 bits per heavy atom. The van der Waals surface area contributed by atoms with Gasteiger partial charge in [0.2, 0.25) is 0 Å². The smallest absolute Gasteiger partial charge is 0.276 e. The molecule has 3 nitrogen and oxygen atoms in total. The van der Waals surface area contributed by atoms with Gasteiger partial charge in [0.1, 0.15) is 5.70 Å². The number of amides is 1. The van der Waals surface area contributed by atoms with Gasteiger partial charge in [0.05, 0.1) is 0 Å². The molecule has 1 N–H and O–H groups in total. The maximum Gasteiger partial charge on any atom is 0.276 e. The molecule has 20 heavy (non-hydrogen) atoms. The minimum absolute atomic E-state index is 0.0372. The Hall–Kier alpha value is -1.68. The van der Waals surface area contributed by atoms with Gasteiger partial charge in [-0.15, -0.1) is 0 Å². The van der Waals surface area contributed by atoms with E-state index in [0.29, 0.717) is 23.3 Å². The molecule has 0 saturated carbocycles. The van der Waals surface area contributed by atoms with Crippen molar-refractivity contribution in [2.24, 2.45) is 0 Å². The lowest BCUT2D eigenvalue weighted by Gasteiger charge is -2.11. The van der Waals surface area contributed by atoms with Gasteiger partial charge < -0.3 is 5.32 Å². The average Bonchev–Trinajstić information content (AvgIpc) is 2.67. The third-order valence-corrected chi connectivity index (χ3v) is 3.65. The molecule has 1 aromatic carbocycles. The minimum Gasteiger partial charge on any atom is -0.328 e. The van der Waals surface area contributed by atoms with Gasteiger partial charge in [-0.2, -0.15) is 0 Å². The summed E-state index contributed by atoms with van der Waals surface area (Å²) in [6.45, 7) is 7.02. The summed E-state index contributed by atoms with van der Waals surface area (Å²) in [7, 11) is 0. The number of hydrogen-bond acceptors (Lipinski definition) is 2. The molecule has 0 spiro atoms. The predicted molar refractivity (Wildman–Crippen MR) is 86.2 cm³/mol. The third-order valence-electron chi connectivity index (χ3n) is 3.32. The first-order valence-electron chi connectivity index (χ1n) is 6.97. The summed E-state index contributed by atoms with van der Waals surface area (Å²) in [5.41, 5.74) is 2.85. The molecule has 0 radical (unpaired) electrons. The van der Waals surface area contributed by atoms with E-state index in [9.17, 15) is 4.79 Å². The molecule has 4 heteroatoms. The van der Waals surface area contributed by atoms with E-state index in [-0.39, 0.29) is 5.91 Å². The maximum atomic E-state index is 12.2. The summed E-state index contributed by atoms with van der Waals surface area (Å²) >= 11 is 5.18. The number of nitrogens with zero attached hydrogens (tertiary/aromatic N) is 1. The monoisotopic (exact) mass is 288 g/mol. The van der Waals surface area contributed by atoms with Crippen molar-refractivity contribution < 1.29 is 4.79 Å². The molecule has 0 aliphatic carbocycles. The van der Waals surface area contributed by atoms with Crippen molar-refractivity contribution >= 4 is 29.3 Å². The van der Waals surface area contributed by atoms with Gasteiger partial charge in [-0.05, 0) is 41.8 Å². The Bertz CT molecular complexity index is 546. The van der Waals surface area contributed by atoms with Crippen molar-refractivity contribution in [1.29, 1.82) is 0 Å². The number of thiocarbonyl (C=S) groups is 1. The van der Waals surface area contributed by atoms with Crippen LogP contribution in [0.15, 0.2) is 30.0 Å². The highest BCUT2D eigenvalue weighted by molar-refractivity contribution is 7.80. The number of carbonyl (C=O) groups excluding carboxylic acids is 1. The second kappa shape index (κ2) is 6.18. The fraction of sp³-hybridized carbons (Fsp3) is 0.375. The standard InChI is InChI=1S/C16H20N2OS/c1-4-9-18-15(19)14(17-16(18)20)10-12-5-7-13(8-6-12)11(2)3/h5-8,10-11H,4,9H2,1-3H3,(H,17,20)/b14-10-. The molecule has 1 aliphatic heterocycles. The SMILES string of the molecule is CCCN1C(=O)/C(=C/c2ccc(C(C)C)cc2)NC1=S. The number of hydrogen-bond donors (Lipinski definition) is 1. The van der Waals surface area contributed by atoms with E-state index in [1.165, 1.54) is 5.56 Å². The van der Waals surface area contributed by atoms with Crippen LogP contribution < -0.4 is 5.32 Å². The highest BCUT2D eigenvalue weighted by Gasteiger charge is 2.29. The Morgan fingerprint density at radius 1 is 1.30 bits per heavy atom. The predicted octanol–water partition coefficient (Wildman–Crippen LogP) is 3.28. The van der Waals surface area contributed by atoms with Crippen LogP contribution in [0.3, 0.4) is 0 Å². The van der Waals surface area contributed by atoms with E-state index in [0.717, 1.165) is 12.0 Å². The summed E-state index contributed by atoms with van der Waals surface area (Å²) in [6.07, 6.45) is 2.75. The van der Waals surface area contributed by atoms with Crippen LogP contribution in [0.1, 0.15) is 44.2 Å². The van der Waals surface area contributed by atoms with Gasteiger partial charge in [-0.1, -0.05) is 45.0 Å². The lowest BCUT2D eigenvalue weighted by Crippen LogP contribution is -2.31. The Labute approximate surface area is 125 Å². The van der Waals surface area contributed by atoms with E-state index in [4.69, 9.17) is 12.2 Å². The second-order valence-electron chi connectivity index (χ2n) is 5.27. The highest BCUT2D eigenvalue weighted by atomic mass is 32.1. The van der Waals surface area contributed by atoms with Crippen molar-refractivity contribution in [3.63, 3.8) is 0 Å². The van der Waals surface area contributed by atoms with E-state index >= 15 is 0 Å². The molecule has 0 aromatic heterocycles. The maximum absolute atomic E-state index is 12.2. The second-order valence-corrected chi connectivity index (χ2v) is 5.65. The number of rotatable bonds is 4. The topological polar surface area (TPSA) is 32.3 Å². The van der Waals surface area contributed by atoms with E-state index in [1.54, 1.807) is 4.90 Å². The van der Waals surface area contributed by atoms with Crippen LogP contribution in [0.4, 0.5) is 0 Å². The molecule has 1 saturated heterocycles. The number of carbonyl (C=O) groups is 1. The molecule has 0 atom stereocenters. The van der Waals surface area contributed by atoms with Gasteiger partial charge in [0, 0.05) is 6.54 Å². The van der Waals surface area contributed by atoms with Crippen LogP contribution in [-0.4, -0.2) is 22.5 Å². The van der Waals surface area contributed by atoms with Gasteiger partial charge in [0.25, 0.3) is 5.91 Å². The van der Waals surface area contributed by atoms with Crippen LogP contribution in [0, 0.1) is 0 Å². The quantitative estimate of drug-likeness (QED) is 0.681. The molecule has 1 fully saturated rings. The molecule has 1 heterocycles. The van der Waals surface area contributed by atoms with Crippen molar-refractivity contribution in [2.75, 3.05) is 6.54 Å². The lowest BCUT2D eigenvalue weighted by atomic mass is 10.0. The third kappa shape index (κ3) is 3.07. The summed E-state index contributed by atoms with van der Waals surface area (Å²) in [6, 6.07) is 8.25. The zero-order chi connectivity index (χ0) is 14.7. The van der Waals surface area contributed by atoms with Gasteiger partial charge in [-0.3, -0.25) is 9.69 Å². The van der Waals surface area contributed by atoms with Crippen LogP contribution in [-0.2, 0) is 4.79 Å². The molecular formula is C16H20N2OS.